The molecule has 1 unspecified atom stereocenters. The third-order valence-corrected chi connectivity index (χ3v) is 9.25. The Hall–Kier alpha value is -4.17. The number of nitriles is 1. The van der Waals surface area contributed by atoms with Crippen LogP contribution in [0.3, 0.4) is 0 Å². The zero-order valence-corrected chi connectivity index (χ0v) is 25.3. The van der Waals surface area contributed by atoms with E-state index in [1.165, 1.54) is 0 Å². The Labute approximate surface area is 256 Å². The summed E-state index contributed by atoms with van der Waals surface area (Å²) in [4.78, 5) is 19.5. The number of nitrogens with one attached hydrogen (secondary N) is 1. The first-order valence-electron chi connectivity index (χ1n) is 15.0. The molecule has 4 heterocycles. The van der Waals surface area contributed by atoms with Crippen molar-refractivity contribution >= 4 is 16.8 Å². The first-order valence-corrected chi connectivity index (χ1v) is 15.0. The maximum absolute atomic E-state index is 16.3. The van der Waals surface area contributed by atoms with E-state index in [9.17, 15) is 15.2 Å². The predicted octanol–water partition coefficient (Wildman–Crippen LogP) is 4.73. The van der Waals surface area contributed by atoms with Crippen LogP contribution < -0.4 is 5.32 Å². The molecule has 228 valence electrons. The lowest BCUT2D eigenvalue weighted by Crippen LogP contribution is -2.55. The second-order valence-corrected chi connectivity index (χ2v) is 12.6. The van der Waals surface area contributed by atoms with Crippen LogP contribution in [0.25, 0.3) is 22.0 Å². The van der Waals surface area contributed by atoms with Gasteiger partial charge in [-0.1, -0.05) is 44.2 Å². The summed E-state index contributed by atoms with van der Waals surface area (Å²) in [5.74, 6) is -1.08. The number of aliphatic hydroxyl groups is 1. The number of carbonyl (C=O) groups is 1. The summed E-state index contributed by atoms with van der Waals surface area (Å²) in [6, 6.07) is 15.4. The van der Waals surface area contributed by atoms with Crippen LogP contribution >= 0.6 is 0 Å². The minimum absolute atomic E-state index is 0.159. The fourth-order valence-corrected chi connectivity index (χ4v) is 6.74. The number of benzene rings is 2. The van der Waals surface area contributed by atoms with Crippen molar-refractivity contribution in [2.24, 2.45) is 12.5 Å². The number of carbonyl (C=O) groups excluding carboxylic acids is 1. The van der Waals surface area contributed by atoms with Gasteiger partial charge < -0.3 is 15.2 Å². The fourth-order valence-electron chi connectivity index (χ4n) is 6.74. The highest BCUT2D eigenvalue weighted by atomic mass is 19.1. The Morgan fingerprint density at radius 2 is 2.02 bits per heavy atom. The molecule has 0 aliphatic carbocycles. The number of pyridine rings is 1. The van der Waals surface area contributed by atoms with Crippen molar-refractivity contribution in [1.29, 1.82) is 5.26 Å². The van der Waals surface area contributed by atoms with E-state index in [0.717, 1.165) is 23.1 Å². The van der Waals surface area contributed by atoms with Crippen LogP contribution in [0.15, 0.2) is 54.9 Å². The minimum atomic E-state index is -1.40. The molecular weight excluding hydrogens is 559 g/mol. The molecule has 6 rings (SSSR count). The van der Waals surface area contributed by atoms with Crippen molar-refractivity contribution in [1.82, 2.24) is 25.0 Å². The predicted molar refractivity (Wildman–Crippen MR) is 164 cm³/mol. The SMILES string of the molecule is Cn1cc(-c2ccc(CN3CC[C@@](O)(c4ccc5ncc(C6CCCOCNC6=O)cc5c4F)C(C)(C)C3)cc2)c(C#N)n1. The lowest BCUT2D eigenvalue weighted by atomic mass is 9.66. The van der Waals surface area contributed by atoms with Gasteiger partial charge in [0.15, 0.2) is 5.69 Å². The summed E-state index contributed by atoms with van der Waals surface area (Å²) in [5.41, 5.74) is 2.58. The molecule has 2 aromatic carbocycles. The largest absolute Gasteiger partial charge is 0.384 e. The zero-order chi connectivity index (χ0) is 31.1. The molecule has 0 saturated carbocycles. The Morgan fingerprint density at radius 1 is 1.23 bits per heavy atom. The van der Waals surface area contributed by atoms with Gasteiger partial charge in [0.05, 0.1) is 17.0 Å². The Kier molecular flexibility index (Phi) is 7.97. The van der Waals surface area contributed by atoms with Crippen molar-refractivity contribution in [2.45, 2.75) is 51.2 Å². The number of nitrogens with zero attached hydrogens (tertiary/aromatic N) is 5. The van der Waals surface area contributed by atoms with Crippen LogP contribution in [0.4, 0.5) is 4.39 Å². The standard InChI is InChI=1S/C34H37FN6O3/c1-33(2)20-41(18-22-6-8-23(9-7-22)27-19-40(3)39-30(27)16-36)13-12-34(33,43)28-10-11-29-26(31(28)35)15-24(17-37-29)25-5-4-14-44-21-38-32(25)42/h6-11,15,17,19,25,43H,4-5,12-14,18,20-21H2,1-3H3,(H,38,42)/t25?,34-/m1/s1. The van der Waals surface area contributed by atoms with Crippen LogP contribution in [0.1, 0.15) is 61.4 Å². The van der Waals surface area contributed by atoms with Gasteiger partial charge in [0.25, 0.3) is 0 Å². The maximum Gasteiger partial charge on any atom is 0.229 e. The number of fused-ring (bicyclic) bond motifs is 1. The van der Waals surface area contributed by atoms with E-state index >= 15 is 4.39 Å². The minimum Gasteiger partial charge on any atom is -0.384 e. The molecule has 0 radical (unpaired) electrons. The van der Waals surface area contributed by atoms with Crippen molar-refractivity contribution in [2.75, 3.05) is 26.4 Å². The number of piperidine rings is 1. The lowest BCUT2D eigenvalue weighted by molar-refractivity contribution is -0.128. The molecule has 2 atom stereocenters. The molecule has 4 aromatic rings. The Bertz CT molecular complexity index is 1740. The van der Waals surface area contributed by atoms with Crippen LogP contribution in [0.5, 0.6) is 0 Å². The van der Waals surface area contributed by atoms with Gasteiger partial charge >= 0.3 is 0 Å². The summed E-state index contributed by atoms with van der Waals surface area (Å²) in [6.07, 6.45) is 5.16. The van der Waals surface area contributed by atoms with Gasteiger partial charge in [-0.25, -0.2) is 4.39 Å². The molecule has 0 bridgehead atoms. The van der Waals surface area contributed by atoms with Crippen molar-refractivity contribution in [3.63, 3.8) is 0 Å². The molecule has 44 heavy (non-hydrogen) atoms. The number of hydrogen-bond donors (Lipinski definition) is 2. The Morgan fingerprint density at radius 3 is 2.77 bits per heavy atom. The fraction of sp³-hybridized carbons (Fsp3) is 0.412. The normalized spacial score (nSPS) is 22.6. The molecule has 2 N–H and O–H groups in total. The van der Waals surface area contributed by atoms with Crippen LogP contribution in [0, 0.1) is 22.6 Å². The molecule has 9 nitrogen and oxygen atoms in total. The van der Waals surface area contributed by atoms with E-state index in [2.05, 4.69) is 26.4 Å². The number of amides is 1. The molecule has 1 amide bonds. The van der Waals surface area contributed by atoms with Crippen LogP contribution in [-0.4, -0.2) is 57.1 Å². The number of aryl methyl sites for hydroxylation is 1. The number of ether oxygens (including phenoxy) is 1. The third kappa shape index (κ3) is 5.47. The number of halogens is 1. The number of aromatic nitrogens is 3. The van der Waals surface area contributed by atoms with Gasteiger partial charge in [-0.2, -0.15) is 10.4 Å². The van der Waals surface area contributed by atoms with E-state index in [-0.39, 0.29) is 18.2 Å². The van der Waals surface area contributed by atoms with E-state index in [1.807, 2.05) is 44.3 Å². The summed E-state index contributed by atoms with van der Waals surface area (Å²) >= 11 is 0. The summed E-state index contributed by atoms with van der Waals surface area (Å²) < 4.78 is 23.3. The van der Waals surface area contributed by atoms with Crippen LogP contribution in [0.2, 0.25) is 0 Å². The van der Waals surface area contributed by atoms with Crippen molar-refractivity contribution < 1.29 is 19.0 Å². The van der Waals surface area contributed by atoms with Gasteiger partial charge in [0.2, 0.25) is 5.91 Å². The van der Waals surface area contributed by atoms with Crippen molar-refractivity contribution in [3.05, 3.63) is 83.1 Å². The van der Waals surface area contributed by atoms with Gasteiger partial charge in [-0.15, -0.1) is 0 Å². The first kappa shape index (κ1) is 29.9. The van der Waals surface area contributed by atoms with Gasteiger partial charge in [-0.3, -0.25) is 19.4 Å². The highest BCUT2D eigenvalue weighted by Crippen LogP contribution is 2.48. The Balaban J connectivity index is 1.22. The topological polar surface area (TPSA) is 116 Å². The molecule has 2 fully saturated rings. The van der Waals surface area contributed by atoms with E-state index in [0.29, 0.717) is 61.2 Å². The number of hydrogen-bond acceptors (Lipinski definition) is 7. The zero-order valence-electron chi connectivity index (χ0n) is 25.3. The van der Waals surface area contributed by atoms with Crippen molar-refractivity contribution in [3.8, 4) is 17.2 Å². The van der Waals surface area contributed by atoms with E-state index < -0.39 is 22.8 Å². The second-order valence-electron chi connectivity index (χ2n) is 12.6. The average Bonchev–Trinajstić information content (AvgIpc) is 3.38. The van der Waals surface area contributed by atoms with Gasteiger partial charge in [0.1, 0.15) is 18.6 Å². The summed E-state index contributed by atoms with van der Waals surface area (Å²) in [5, 5.41) is 28.8. The highest BCUT2D eigenvalue weighted by Gasteiger charge is 2.50. The maximum atomic E-state index is 16.3. The van der Waals surface area contributed by atoms with Gasteiger partial charge in [-0.05, 0) is 48.1 Å². The quantitative estimate of drug-likeness (QED) is 0.342. The summed E-state index contributed by atoms with van der Waals surface area (Å²) in [6.45, 7) is 6.50. The molecule has 2 aliphatic rings. The molecule has 2 aromatic heterocycles. The first-order chi connectivity index (χ1) is 21.1. The molecule has 0 spiro atoms. The van der Waals surface area contributed by atoms with E-state index in [4.69, 9.17) is 4.74 Å². The monoisotopic (exact) mass is 596 g/mol. The third-order valence-electron chi connectivity index (χ3n) is 9.25. The number of likely N-dealkylation sites (tertiary alicyclic amines) is 1. The van der Waals surface area contributed by atoms with Crippen LogP contribution in [-0.2, 0) is 28.7 Å². The lowest BCUT2D eigenvalue weighted by Gasteiger charge is -2.50. The molecule has 2 saturated heterocycles. The summed E-state index contributed by atoms with van der Waals surface area (Å²) in [7, 11) is 1.80. The van der Waals surface area contributed by atoms with Gasteiger partial charge in [0, 0.05) is 67.6 Å². The molecule has 2 aliphatic heterocycles. The second kappa shape index (κ2) is 11.7. The number of rotatable bonds is 5. The molecule has 10 heteroatoms. The smallest absolute Gasteiger partial charge is 0.229 e. The molecular formula is C34H37FN6O3. The highest BCUT2D eigenvalue weighted by molar-refractivity contribution is 5.86. The average molecular weight is 597 g/mol. The van der Waals surface area contributed by atoms with E-state index in [1.54, 1.807) is 36.1 Å².